The summed E-state index contributed by atoms with van der Waals surface area (Å²) in [5.41, 5.74) is 0.857. The molecule has 8 heteroatoms. The highest BCUT2D eigenvalue weighted by atomic mass is 16.5. The third kappa shape index (κ3) is 3.47. The largest absolute Gasteiger partial charge is 0.483 e. The molecule has 0 amide bonds. The Kier molecular flexibility index (Phi) is 4.27. The van der Waals surface area contributed by atoms with Gasteiger partial charge in [0.05, 0.1) is 44.5 Å². The van der Waals surface area contributed by atoms with Gasteiger partial charge < -0.3 is 19.5 Å². The standard InChI is InChI=1S/C13H17N5O3/c1-19-13-14-3-2-9(18-13)4-15-11-7-20-8-12(11)21-10-5-16-17-6-10/h2-3,5-6,11-12,15H,4,7-8H2,1H3,(H,16,17)/t11-,12+/m0/s1. The van der Waals surface area contributed by atoms with Crippen LogP contribution in [0.15, 0.2) is 24.7 Å². The molecule has 0 unspecified atom stereocenters. The lowest BCUT2D eigenvalue weighted by Crippen LogP contribution is -2.41. The molecular weight excluding hydrogens is 274 g/mol. The summed E-state index contributed by atoms with van der Waals surface area (Å²) in [5.74, 6) is 0.709. The van der Waals surface area contributed by atoms with Crippen molar-refractivity contribution in [3.63, 3.8) is 0 Å². The maximum atomic E-state index is 5.82. The Morgan fingerprint density at radius 2 is 2.43 bits per heavy atom. The molecule has 112 valence electrons. The van der Waals surface area contributed by atoms with Crippen molar-refractivity contribution < 1.29 is 14.2 Å². The van der Waals surface area contributed by atoms with E-state index >= 15 is 0 Å². The van der Waals surface area contributed by atoms with Crippen LogP contribution in [0.25, 0.3) is 0 Å². The lowest BCUT2D eigenvalue weighted by molar-refractivity contribution is 0.139. The van der Waals surface area contributed by atoms with Crippen LogP contribution in [0, 0.1) is 0 Å². The Morgan fingerprint density at radius 1 is 1.48 bits per heavy atom. The molecule has 3 heterocycles. The second-order valence-electron chi connectivity index (χ2n) is 4.65. The number of nitrogens with one attached hydrogen (secondary N) is 2. The molecule has 1 fully saturated rings. The van der Waals surface area contributed by atoms with Crippen molar-refractivity contribution in [1.29, 1.82) is 0 Å². The summed E-state index contributed by atoms with van der Waals surface area (Å²) in [6.45, 7) is 1.75. The molecule has 0 radical (unpaired) electrons. The smallest absolute Gasteiger partial charge is 0.316 e. The Hall–Kier alpha value is -2.19. The molecule has 2 aromatic heterocycles. The van der Waals surface area contributed by atoms with Crippen molar-refractivity contribution in [2.24, 2.45) is 0 Å². The molecule has 0 saturated carbocycles. The van der Waals surface area contributed by atoms with Gasteiger partial charge in [-0.25, -0.2) is 4.98 Å². The number of hydrogen-bond acceptors (Lipinski definition) is 7. The Bertz CT molecular complexity index is 563. The van der Waals surface area contributed by atoms with Crippen molar-refractivity contribution in [2.75, 3.05) is 20.3 Å². The fourth-order valence-corrected chi connectivity index (χ4v) is 2.13. The first-order valence-electron chi connectivity index (χ1n) is 6.67. The van der Waals surface area contributed by atoms with E-state index in [0.29, 0.717) is 31.5 Å². The zero-order valence-corrected chi connectivity index (χ0v) is 11.7. The molecule has 1 aliphatic heterocycles. The van der Waals surface area contributed by atoms with Gasteiger partial charge in [-0.05, 0) is 6.07 Å². The van der Waals surface area contributed by atoms with E-state index in [1.807, 2.05) is 6.07 Å². The lowest BCUT2D eigenvalue weighted by atomic mass is 10.2. The summed E-state index contributed by atoms with van der Waals surface area (Å²) >= 11 is 0. The number of H-pyrrole nitrogens is 1. The third-order valence-electron chi connectivity index (χ3n) is 3.21. The van der Waals surface area contributed by atoms with Crippen LogP contribution >= 0.6 is 0 Å². The Balaban J connectivity index is 1.56. The predicted molar refractivity (Wildman–Crippen MR) is 73.0 cm³/mol. The van der Waals surface area contributed by atoms with E-state index in [0.717, 1.165) is 5.69 Å². The lowest BCUT2D eigenvalue weighted by Gasteiger charge is -2.19. The maximum Gasteiger partial charge on any atom is 0.316 e. The Labute approximate surface area is 121 Å². The van der Waals surface area contributed by atoms with Crippen molar-refractivity contribution in [3.05, 3.63) is 30.4 Å². The van der Waals surface area contributed by atoms with Gasteiger partial charge in [-0.3, -0.25) is 5.10 Å². The van der Waals surface area contributed by atoms with Crippen LogP contribution in [0.5, 0.6) is 11.8 Å². The van der Waals surface area contributed by atoms with Gasteiger partial charge >= 0.3 is 6.01 Å². The molecule has 3 rings (SSSR count). The minimum atomic E-state index is -0.0497. The molecule has 2 atom stereocenters. The molecule has 8 nitrogen and oxygen atoms in total. The van der Waals surface area contributed by atoms with Crippen molar-refractivity contribution in [2.45, 2.75) is 18.7 Å². The number of methoxy groups -OCH3 is 1. The maximum absolute atomic E-state index is 5.82. The SMILES string of the molecule is COc1nccc(CN[C@H]2COC[C@H]2Oc2cn[nH]c2)n1. The first-order chi connectivity index (χ1) is 10.3. The number of ether oxygens (including phenoxy) is 3. The Morgan fingerprint density at radius 3 is 3.24 bits per heavy atom. The summed E-state index contributed by atoms with van der Waals surface area (Å²) in [7, 11) is 1.55. The summed E-state index contributed by atoms with van der Waals surface area (Å²) < 4.78 is 16.3. The highest BCUT2D eigenvalue weighted by Crippen LogP contribution is 2.15. The fourth-order valence-electron chi connectivity index (χ4n) is 2.13. The van der Waals surface area contributed by atoms with E-state index < -0.39 is 0 Å². The average molecular weight is 291 g/mol. The van der Waals surface area contributed by atoms with Gasteiger partial charge in [-0.1, -0.05) is 0 Å². The van der Waals surface area contributed by atoms with Gasteiger partial charge in [-0.2, -0.15) is 10.1 Å². The van der Waals surface area contributed by atoms with E-state index in [2.05, 4.69) is 25.5 Å². The van der Waals surface area contributed by atoms with Gasteiger partial charge in [0.1, 0.15) is 6.10 Å². The third-order valence-corrected chi connectivity index (χ3v) is 3.21. The number of aromatic nitrogens is 4. The number of rotatable bonds is 6. The quantitative estimate of drug-likeness (QED) is 0.782. The van der Waals surface area contributed by atoms with Gasteiger partial charge in [0.25, 0.3) is 0 Å². The summed E-state index contributed by atoms with van der Waals surface area (Å²) in [6.07, 6.45) is 4.98. The van der Waals surface area contributed by atoms with E-state index in [1.54, 1.807) is 25.7 Å². The summed E-state index contributed by atoms with van der Waals surface area (Å²) in [4.78, 5) is 8.24. The minimum Gasteiger partial charge on any atom is -0.483 e. The number of nitrogens with zero attached hydrogens (tertiary/aromatic N) is 3. The highest BCUT2D eigenvalue weighted by molar-refractivity contribution is 5.12. The number of aromatic amines is 1. The molecule has 0 aliphatic carbocycles. The van der Waals surface area contributed by atoms with E-state index in [1.165, 1.54) is 0 Å². The second-order valence-corrected chi connectivity index (χ2v) is 4.65. The highest BCUT2D eigenvalue weighted by Gasteiger charge is 2.30. The average Bonchev–Trinajstić information content (AvgIpc) is 3.18. The predicted octanol–water partition coefficient (Wildman–Crippen LogP) is 0.144. The number of hydrogen-bond donors (Lipinski definition) is 2. The van der Waals surface area contributed by atoms with Crippen LogP contribution in [0.2, 0.25) is 0 Å². The zero-order valence-electron chi connectivity index (χ0n) is 11.7. The molecule has 1 aliphatic rings. The molecular formula is C13H17N5O3. The minimum absolute atomic E-state index is 0.0497. The molecule has 1 saturated heterocycles. The molecule has 2 N–H and O–H groups in total. The molecule has 2 aromatic rings. The van der Waals surface area contributed by atoms with Crippen molar-refractivity contribution in [3.8, 4) is 11.8 Å². The first-order valence-corrected chi connectivity index (χ1v) is 6.67. The second kappa shape index (κ2) is 6.51. The van der Waals surface area contributed by atoms with Crippen LogP contribution in [0.4, 0.5) is 0 Å². The van der Waals surface area contributed by atoms with Crippen LogP contribution in [-0.2, 0) is 11.3 Å². The van der Waals surface area contributed by atoms with Crippen LogP contribution < -0.4 is 14.8 Å². The van der Waals surface area contributed by atoms with E-state index in [-0.39, 0.29) is 12.1 Å². The molecule has 0 aromatic carbocycles. The summed E-state index contributed by atoms with van der Waals surface area (Å²) in [6, 6.07) is 2.31. The van der Waals surface area contributed by atoms with Crippen molar-refractivity contribution in [1.82, 2.24) is 25.5 Å². The fraction of sp³-hybridized carbons (Fsp3) is 0.462. The van der Waals surface area contributed by atoms with Gasteiger partial charge in [0, 0.05) is 12.7 Å². The zero-order chi connectivity index (χ0) is 14.5. The van der Waals surface area contributed by atoms with Crippen LogP contribution in [-0.4, -0.2) is 52.6 Å². The molecule has 0 spiro atoms. The van der Waals surface area contributed by atoms with Gasteiger partial charge in [0.15, 0.2) is 5.75 Å². The van der Waals surface area contributed by atoms with E-state index in [9.17, 15) is 0 Å². The normalized spacial score (nSPS) is 21.4. The van der Waals surface area contributed by atoms with Crippen LogP contribution in [0.1, 0.15) is 5.69 Å². The molecule has 21 heavy (non-hydrogen) atoms. The van der Waals surface area contributed by atoms with E-state index in [4.69, 9.17) is 14.2 Å². The van der Waals surface area contributed by atoms with Crippen molar-refractivity contribution >= 4 is 0 Å². The molecule has 0 bridgehead atoms. The van der Waals surface area contributed by atoms with Gasteiger partial charge in [0.2, 0.25) is 0 Å². The monoisotopic (exact) mass is 291 g/mol. The topological polar surface area (TPSA) is 94.2 Å². The van der Waals surface area contributed by atoms with Crippen LogP contribution in [0.3, 0.4) is 0 Å². The van der Waals surface area contributed by atoms with Gasteiger partial charge in [-0.15, -0.1) is 0 Å². The first kappa shape index (κ1) is 13.8. The summed E-state index contributed by atoms with van der Waals surface area (Å²) in [5, 5.41) is 9.97.